The van der Waals surface area contributed by atoms with Crippen molar-refractivity contribution in [2.24, 2.45) is 5.41 Å². The van der Waals surface area contributed by atoms with E-state index in [0.29, 0.717) is 18.9 Å². The highest BCUT2D eigenvalue weighted by Crippen LogP contribution is 2.31. The number of hydrogen-bond donors (Lipinski definition) is 1. The van der Waals surface area contributed by atoms with Gasteiger partial charge in [0.2, 0.25) is 0 Å². The first kappa shape index (κ1) is 15.4. The molecule has 0 unspecified atom stereocenters. The summed E-state index contributed by atoms with van der Waals surface area (Å²) in [5, 5.41) is 8.99. The molecule has 0 saturated carbocycles. The maximum absolute atomic E-state index is 8.99. The molecule has 0 radical (unpaired) electrons. The Bertz CT molecular complexity index is 484. The Balaban J connectivity index is 2.84. The summed E-state index contributed by atoms with van der Waals surface area (Å²) < 4.78 is 5.87. The Morgan fingerprint density at radius 1 is 1.37 bits per heavy atom. The van der Waals surface area contributed by atoms with Gasteiger partial charge in [-0.25, -0.2) is 0 Å². The number of rotatable bonds is 5. The first-order valence-corrected chi connectivity index (χ1v) is 6.71. The molecule has 1 rings (SSSR count). The average molecular weight is 260 g/mol. The molecule has 0 aliphatic carbocycles. The second kappa shape index (κ2) is 5.97. The zero-order valence-corrected chi connectivity index (χ0v) is 12.6. The number of nitrogens with zero attached hydrogens (tertiary/aromatic N) is 1. The van der Waals surface area contributed by atoms with Gasteiger partial charge in [-0.2, -0.15) is 5.26 Å². The molecular weight excluding hydrogens is 236 g/mol. The molecule has 19 heavy (non-hydrogen) atoms. The van der Waals surface area contributed by atoms with Crippen molar-refractivity contribution in [1.82, 2.24) is 0 Å². The Hall–Kier alpha value is -1.69. The molecule has 0 bridgehead atoms. The zero-order valence-electron chi connectivity index (χ0n) is 12.6. The number of anilines is 1. The second-order valence-corrected chi connectivity index (χ2v) is 6.00. The number of hydrogen-bond acceptors (Lipinski definition) is 3. The summed E-state index contributed by atoms with van der Waals surface area (Å²) in [4.78, 5) is 0. The molecule has 0 heterocycles. The highest BCUT2D eigenvalue weighted by atomic mass is 16.5. The van der Waals surface area contributed by atoms with Crippen LogP contribution in [-0.4, -0.2) is 6.61 Å². The molecule has 0 aliphatic rings. The van der Waals surface area contributed by atoms with Crippen LogP contribution in [0, 0.1) is 23.7 Å². The minimum atomic E-state index is -0.346. The van der Waals surface area contributed by atoms with Gasteiger partial charge in [0.1, 0.15) is 5.75 Å². The number of ether oxygens (including phenoxy) is 1. The summed E-state index contributed by atoms with van der Waals surface area (Å²) >= 11 is 0. The van der Waals surface area contributed by atoms with Gasteiger partial charge in [0, 0.05) is 5.69 Å². The number of benzene rings is 1. The first-order valence-electron chi connectivity index (χ1n) is 6.71. The Kier molecular flexibility index (Phi) is 4.83. The van der Waals surface area contributed by atoms with E-state index in [1.54, 1.807) is 0 Å². The number of aryl methyl sites for hydroxylation is 1. The van der Waals surface area contributed by atoms with Crippen LogP contribution < -0.4 is 10.5 Å². The molecule has 1 aromatic carbocycles. The Labute approximate surface area is 116 Å². The van der Waals surface area contributed by atoms with Crippen molar-refractivity contribution in [1.29, 1.82) is 5.26 Å². The lowest BCUT2D eigenvalue weighted by Crippen LogP contribution is -2.14. The summed E-state index contributed by atoms with van der Waals surface area (Å²) in [6.45, 7) is 10.6. The van der Waals surface area contributed by atoms with Gasteiger partial charge < -0.3 is 10.5 Å². The average Bonchev–Trinajstić information content (AvgIpc) is 2.32. The minimum absolute atomic E-state index is 0.346. The lowest BCUT2D eigenvalue weighted by atomic mass is 9.92. The van der Waals surface area contributed by atoms with E-state index in [1.165, 1.54) is 0 Å². The molecule has 3 nitrogen and oxygen atoms in total. The molecule has 2 N–H and O–H groups in total. The van der Waals surface area contributed by atoms with E-state index in [0.717, 1.165) is 22.6 Å². The zero-order chi connectivity index (χ0) is 14.6. The third-order valence-electron chi connectivity index (χ3n) is 3.31. The predicted octanol–water partition coefficient (Wildman–Crippen LogP) is 4.02. The molecule has 0 aromatic heterocycles. The molecule has 0 saturated heterocycles. The quantitative estimate of drug-likeness (QED) is 0.813. The lowest BCUT2D eigenvalue weighted by molar-refractivity contribution is 0.261. The van der Waals surface area contributed by atoms with Gasteiger partial charge in [0.25, 0.3) is 0 Å². The predicted molar refractivity (Wildman–Crippen MR) is 79.2 cm³/mol. The van der Waals surface area contributed by atoms with Crippen LogP contribution in [0.1, 0.15) is 51.2 Å². The fraction of sp³-hybridized carbons (Fsp3) is 0.562. The number of nitrogens with two attached hydrogens (primary N) is 1. The largest absolute Gasteiger partial charge is 0.493 e. The highest BCUT2D eigenvalue weighted by Gasteiger charge is 2.17. The molecule has 0 spiro atoms. The standard InChI is InChI=1S/C16H24N2O/c1-11(2)13-9-14(18)12(3)8-15(13)19-7-6-16(4,5)10-17/h8-9,11H,6-7,18H2,1-5H3. The highest BCUT2D eigenvalue weighted by molar-refractivity contribution is 5.55. The Morgan fingerprint density at radius 3 is 2.53 bits per heavy atom. The van der Waals surface area contributed by atoms with Crippen LogP contribution in [0.15, 0.2) is 12.1 Å². The van der Waals surface area contributed by atoms with Crippen molar-refractivity contribution in [2.45, 2.75) is 47.0 Å². The SMILES string of the molecule is Cc1cc(OCCC(C)(C)C#N)c(C(C)C)cc1N. The van der Waals surface area contributed by atoms with Gasteiger partial charge in [-0.05, 0) is 56.4 Å². The maximum Gasteiger partial charge on any atom is 0.123 e. The topological polar surface area (TPSA) is 59.0 Å². The second-order valence-electron chi connectivity index (χ2n) is 6.00. The van der Waals surface area contributed by atoms with Crippen molar-refractivity contribution in [3.63, 3.8) is 0 Å². The van der Waals surface area contributed by atoms with Crippen molar-refractivity contribution < 1.29 is 4.74 Å². The third kappa shape index (κ3) is 4.17. The molecule has 0 aliphatic heterocycles. The van der Waals surface area contributed by atoms with Gasteiger partial charge in [0.05, 0.1) is 18.1 Å². The van der Waals surface area contributed by atoms with Crippen LogP contribution in [-0.2, 0) is 0 Å². The van der Waals surface area contributed by atoms with Gasteiger partial charge in [-0.1, -0.05) is 13.8 Å². The summed E-state index contributed by atoms with van der Waals surface area (Å²) in [5.74, 6) is 1.25. The van der Waals surface area contributed by atoms with Crippen molar-refractivity contribution >= 4 is 5.69 Å². The third-order valence-corrected chi connectivity index (χ3v) is 3.31. The van der Waals surface area contributed by atoms with Crippen LogP contribution in [0.3, 0.4) is 0 Å². The van der Waals surface area contributed by atoms with Crippen molar-refractivity contribution in [3.8, 4) is 11.8 Å². The van der Waals surface area contributed by atoms with Crippen LogP contribution in [0.5, 0.6) is 5.75 Å². The summed E-state index contributed by atoms with van der Waals surface area (Å²) in [6.07, 6.45) is 0.713. The monoisotopic (exact) mass is 260 g/mol. The molecule has 0 atom stereocenters. The summed E-state index contributed by atoms with van der Waals surface area (Å²) in [7, 11) is 0. The van der Waals surface area contributed by atoms with E-state index in [4.69, 9.17) is 15.7 Å². The smallest absolute Gasteiger partial charge is 0.123 e. The normalized spacial score (nSPS) is 11.4. The number of nitriles is 1. The molecule has 104 valence electrons. The van der Waals surface area contributed by atoms with E-state index in [9.17, 15) is 0 Å². The van der Waals surface area contributed by atoms with Crippen LogP contribution >= 0.6 is 0 Å². The van der Waals surface area contributed by atoms with Crippen LogP contribution in [0.25, 0.3) is 0 Å². The van der Waals surface area contributed by atoms with Gasteiger partial charge in [0.15, 0.2) is 0 Å². The van der Waals surface area contributed by atoms with E-state index in [-0.39, 0.29) is 5.41 Å². The van der Waals surface area contributed by atoms with Crippen LogP contribution in [0.4, 0.5) is 5.69 Å². The molecule has 0 fully saturated rings. The van der Waals surface area contributed by atoms with Crippen molar-refractivity contribution in [3.05, 3.63) is 23.3 Å². The molecule has 1 aromatic rings. The van der Waals surface area contributed by atoms with E-state index < -0.39 is 0 Å². The summed E-state index contributed by atoms with van der Waals surface area (Å²) in [5.41, 5.74) is 8.55. The van der Waals surface area contributed by atoms with E-state index in [1.807, 2.05) is 32.9 Å². The lowest BCUT2D eigenvalue weighted by Gasteiger charge is -2.19. The molecular formula is C16H24N2O. The van der Waals surface area contributed by atoms with E-state index in [2.05, 4.69) is 19.9 Å². The molecule has 3 heteroatoms. The van der Waals surface area contributed by atoms with Gasteiger partial charge >= 0.3 is 0 Å². The van der Waals surface area contributed by atoms with Gasteiger partial charge in [-0.15, -0.1) is 0 Å². The minimum Gasteiger partial charge on any atom is -0.493 e. The van der Waals surface area contributed by atoms with Gasteiger partial charge in [-0.3, -0.25) is 0 Å². The van der Waals surface area contributed by atoms with E-state index >= 15 is 0 Å². The maximum atomic E-state index is 8.99. The van der Waals surface area contributed by atoms with Crippen molar-refractivity contribution in [2.75, 3.05) is 12.3 Å². The molecule has 0 amide bonds. The number of nitrogen functional groups attached to an aromatic ring is 1. The Morgan fingerprint density at radius 2 is 2.00 bits per heavy atom. The summed E-state index contributed by atoms with van der Waals surface area (Å²) in [6, 6.07) is 6.27. The fourth-order valence-electron chi connectivity index (χ4n) is 1.76. The fourth-order valence-corrected chi connectivity index (χ4v) is 1.76. The first-order chi connectivity index (χ1) is 8.76. The van der Waals surface area contributed by atoms with Crippen LogP contribution in [0.2, 0.25) is 0 Å².